The van der Waals surface area contributed by atoms with Gasteiger partial charge in [-0.1, -0.05) is 38.1 Å². The van der Waals surface area contributed by atoms with Gasteiger partial charge >= 0.3 is 0 Å². The van der Waals surface area contributed by atoms with Gasteiger partial charge in [-0.3, -0.25) is 0 Å². The standard InChI is InChI=1S/C17H22N2/c1-4-12(2)14-8-10-15(11-9-14)19-17-13(3)6-5-7-16(17)18/h5-12,19H,4,18H2,1-3H3. The summed E-state index contributed by atoms with van der Waals surface area (Å²) in [6, 6.07) is 14.6. The van der Waals surface area contributed by atoms with Crippen molar-refractivity contribution in [1.29, 1.82) is 0 Å². The van der Waals surface area contributed by atoms with Gasteiger partial charge in [0.05, 0.1) is 11.4 Å². The summed E-state index contributed by atoms with van der Waals surface area (Å²) in [7, 11) is 0. The second kappa shape index (κ2) is 5.79. The molecule has 19 heavy (non-hydrogen) atoms. The van der Waals surface area contributed by atoms with Crippen molar-refractivity contribution in [2.75, 3.05) is 11.1 Å². The number of hydrogen-bond donors (Lipinski definition) is 2. The average molecular weight is 254 g/mol. The molecule has 2 aromatic rings. The third-order valence-electron chi connectivity index (χ3n) is 3.67. The number of nitrogens with one attached hydrogen (secondary N) is 1. The van der Waals surface area contributed by atoms with Gasteiger partial charge in [0.1, 0.15) is 0 Å². The zero-order valence-electron chi connectivity index (χ0n) is 11.9. The first-order valence-corrected chi connectivity index (χ1v) is 6.84. The molecule has 2 nitrogen and oxygen atoms in total. The number of nitrogen functional groups attached to an aromatic ring is 1. The van der Waals surface area contributed by atoms with Crippen LogP contribution in [-0.2, 0) is 0 Å². The lowest BCUT2D eigenvalue weighted by molar-refractivity contribution is 0.734. The highest BCUT2D eigenvalue weighted by Crippen LogP contribution is 2.28. The summed E-state index contributed by atoms with van der Waals surface area (Å²) >= 11 is 0. The summed E-state index contributed by atoms with van der Waals surface area (Å²) in [6.45, 7) is 6.53. The van der Waals surface area contributed by atoms with Crippen molar-refractivity contribution < 1.29 is 0 Å². The van der Waals surface area contributed by atoms with E-state index in [1.807, 2.05) is 12.1 Å². The minimum atomic E-state index is 0.609. The van der Waals surface area contributed by atoms with Crippen molar-refractivity contribution in [3.63, 3.8) is 0 Å². The van der Waals surface area contributed by atoms with Crippen LogP contribution in [0, 0.1) is 6.92 Å². The molecule has 0 fully saturated rings. The number of benzene rings is 2. The van der Waals surface area contributed by atoms with Gasteiger partial charge in [-0.2, -0.15) is 0 Å². The second-order valence-electron chi connectivity index (χ2n) is 5.10. The smallest absolute Gasteiger partial charge is 0.0647 e. The fraction of sp³-hybridized carbons (Fsp3) is 0.294. The molecule has 2 rings (SSSR count). The summed E-state index contributed by atoms with van der Waals surface area (Å²) in [5.74, 6) is 0.609. The van der Waals surface area contributed by atoms with Crippen LogP contribution >= 0.6 is 0 Å². The molecule has 1 unspecified atom stereocenters. The summed E-state index contributed by atoms with van der Waals surface area (Å²) in [5.41, 5.74) is 11.4. The maximum Gasteiger partial charge on any atom is 0.0647 e. The first kappa shape index (κ1) is 13.5. The predicted octanol–water partition coefficient (Wildman–Crippen LogP) is 4.83. The number of aryl methyl sites for hydroxylation is 1. The van der Waals surface area contributed by atoms with Crippen LogP contribution in [0.5, 0.6) is 0 Å². The molecule has 1 atom stereocenters. The number of para-hydroxylation sites is 1. The fourth-order valence-electron chi connectivity index (χ4n) is 2.14. The Morgan fingerprint density at radius 3 is 2.37 bits per heavy atom. The molecule has 0 aliphatic carbocycles. The highest BCUT2D eigenvalue weighted by atomic mass is 14.9. The molecule has 0 saturated heterocycles. The van der Waals surface area contributed by atoms with E-state index in [1.54, 1.807) is 0 Å². The van der Waals surface area contributed by atoms with Crippen molar-refractivity contribution >= 4 is 17.1 Å². The highest BCUT2D eigenvalue weighted by molar-refractivity contribution is 5.75. The monoisotopic (exact) mass is 254 g/mol. The lowest BCUT2D eigenvalue weighted by Gasteiger charge is -2.14. The van der Waals surface area contributed by atoms with Gasteiger partial charge in [-0.25, -0.2) is 0 Å². The molecule has 0 bridgehead atoms. The number of hydrogen-bond acceptors (Lipinski definition) is 2. The SMILES string of the molecule is CCC(C)c1ccc(Nc2c(C)cccc2N)cc1. The van der Waals surface area contributed by atoms with E-state index in [0.717, 1.165) is 29.0 Å². The third kappa shape index (κ3) is 3.08. The van der Waals surface area contributed by atoms with Crippen molar-refractivity contribution in [1.82, 2.24) is 0 Å². The molecule has 0 radical (unpaired) electrons. The van der Waals surface area contributed by atoms with E-state index >= 15 is 0 Å². The Morgan fingerprint density at radius 2 is 1.79 bits per heavy atom. The van der Waals surface area contributed by atoms with Crippen LogP contribution in [0.3, 0.4) is 0 Å². The number of nitrogens with two attached hydrogens (primary N) is 1. The van der Waals surface area contributed by atoms with Gasteiger partial charge < -0.3 is 11.1 Å². The van der Waals surface area contributed by atoms with Crippen LogP contribution < -0.4 is 11.1 Å². The topological polar surface area (TPSA) is 38.0 Å². The van der Waals surface area contributed by atoms with Gasteiger partial charge in [0.15, 0.2) is 0 Å². The Kier molecular flexibility index (Phi) is 4.10. The number of anilines is 3. The zero-order chi connectivity index (χ0) is 13.8. The van der Waals surface area contributed by atoms with Gasteiger partial charge in [0.25, 0.3) is 0 Å². The molecule has 0 aromatic heterocycles. The summed E-state index contributed by atoms with van der Waals surface area (Å²) in [5, 5.41) is 3.40. The maximum absolute atomic E-state index is 6.01. The molecule has 2 aromatic carbocycles. The molecule has 0 aliphatic rings. The number of rotatable bonds is 4. The second-order valence-corrected chi connectivity index (χ2v) is 5.10. The van der Waals surface area contributed by atoms with Crippen molar-refractivity contribution in [2.24, 2.45) is 0 Å². The van der Waals surface area contributed by atoms with Gasteiger partial charge in [0, 0.05) is 5.69 Å². The molecule has 0 heterocycles. The Hall–Kier alpha value is -1.96. The molecule has 3 N–H and O–H groups in total. The fourth-order valence-corrected chi connectivity index (χ4v) is 2.14. The van der Waals surface area contributed by atoms with Crippen LogP contribution in [0.25, 0.3) is 0 Å². The molecular weight excluding hydrogens is 232 g/mol. The quantitative estimate of drug-likeness (QED) is 0.766. The molecule has 0 saturated carbocycles. The van der Waals surface area contributed by atoms with E-state index < -0.39 is 0 Å². The lowest BCUT2D eigenvalue weighted by Crippen LogP contribution is -1.99. The minimum absolute atomic E-state index is 0.609. The summed E-state index contributed by atoms with van der Waals surface area (Å²) < 4.78 is 0. The maximum atomic E-state index is 6.01. The zero-order valence-corrected chi connectivity index (χ0v) is 11.9. The van der Waals surface area contributed by atoms with Crippen LogP contribution in [0.2, 0.25) is 0 Å². The lowest BCUT2D eigenvalue weighted by atomic mass is 9.98. The molecular formula is C17H22N2. The highest BCUT2D eigenvalue weighted by Gasteiger charge is 2.05. The molecule has 0 spiro atoms. The van der Waals surface area contributed by atoms with Crippen molar-refractivity contribution in [2.45, 2.75) is 33.1 Å². The van der Waals surface area contributed by atoms with Gasteiger partial charge in [-0.15, -0.1) is 0 Å². The molecule has 0 amide bonds. The first-order chi connectivity index (χ1) is 9.11. The summed E-state index contributed by atoms with van der Waals surface area (Å²) in [6.07, 6.45) is 1.16. The normalized spacial score (nSPS) is 12.2. The van der Waals surface area contributed by atoms with Crippen LogP contribution in [0.4, 0.5) is 17.1 Å². The van der Waals surface area contributed by atoms with E-state index in [2.05, 4.69) is 56.4 Å². The van der Waals surface area contributed by atoms with Crippen LogP contribution in [-0.4, -0.2) is 0 Å². The molecule has 0 aliphatic heterocycles. The van der Waals surface area contributed by atoms with Crippen LogP contribution in [0.1, 0.15) is 37.3 Å². The molecule has 2 heteroatoms. The largest absolute Gasteiger partial charge is 0.397 e. The predicted molar refractivity (Wildman–Crippen MR) is 84.0 cm³/mol. The third-order valence-corrected chi connectivity index (χ3v) is 3.67. The average Bonchev–Trinajstić information content (AvgIpc) is 2.43. The van der Waals surface area contributed by atoms with E-state index in [4.69, 9.17) is 5.73 Å². The van der Waals surface area contributed by atoms with Gasteiger partial charge in [-0.05, 0) is 48.6 Å². The first-order valence-electron chi connectivity index (χ1n) is 6.84. The van der Waals surface area contributed by atoms with E-state index in [9.17, 15) is 0 Å². The Bertz CT molecular complexity index is 523. The Morgan fingerprint density at radius 1 is 1.11 bits per heavy atom. The summed E-state index contributed by atoms with van der Waals surface area (Å²) in [4.78, 5) is 0. The molecule has 100 valence electrons. The Labute approximate surface area is 115 Å². The van der Waals surface area contributed by atoms with E-state index in [0.29, 0.717) is 5.92 Å². The minimum Gasteiger partial charge on any atom is -0.397 e. The van der Waals surface area contributed by atoms with Crippen molar-refractivity contribution in [3.05, 3.63) is 53.6 Å². The van der Waals surface area contributed by atoms with Crippen molar-refractivity contribution in [3.8, 4) is 0 Å². The van der Waals surface area contributed by atoms with Gasteiger partial charge in [0.2, 0.25) is 0 Å². The van der Waals surface area contributed by atoms with Crippen LogP contribution in [0.15, 0.2) is 42.5 Å². The van der Waals surface area contributed by atoms with E-state index in [1.165, 1.54) is 5.56 Å². The Balaban J connectivity index is 2.20. The van der Waals surface area contributed by atoms with E-state index in [-0.39, 0.29) is 0 Å².